The Hall–Kier alpha value is -1.10. The average Bonchev–Trinajstić information content (AvgIpc) is 2.56. The normalized spacial score (nSPS) is 15.8. The van der Waals surface area contributed by atoms with Gasteiger partial charge in [-0.25, -0.2) is 4.79 Å². The highest BCUT2D eigenvalue weighted by atomic mass is 79.9. The molecule has 4 nitrogen and oxygen atoms in total. The van der Waals surface area contributed by atoms with Gasteiger partial charge in [-0.2, -0.15) is 0 Å². The number of cyclic esters (lactones) is 1. The number of hydrogen-bond acceptors (Lipinski definition) is 3. The molecule has 1 aliphatic rings. The molecular formula is C9H9BrN2O2. The molecule has 14 heavy (non-hydrogen) atoms. The number of ether oxygens (including phenoxy) is 1. The van der Waals surface area contributed by atoms with E-state index in [-0.39, 0.29) is 6.09 Å². The topological polar surface area (TPSA) is 42.4 Å². The van der Waals surface area contributed by atoms with Gasteiger partial charge in [0, 0.05) is 16.9 Å². The zero-order chi connectivity index (χ0) is 9.97. The number of amides is 1. The van der Waals surface area contributed by atoms with Gasteiger partial charge in [0.2, 0.25) is 0 Å². The highest BCUT2D eigenvalue weighted by Crippen LogP contribution is 2.18. The third-order valence-corrected chi connectivity index (χ3v) is 2.78. The summed E-state index contributed by atoms with van der Waals surface area (Å²) in [6.07, 6.45) is 3.19. The largest absolute Gasteiger partial charge is 0.448 e. The van der Waals surface area contributed by atoms with Crippen molar-refractivity contribution in [1.29, 1.82) is 0 Å². The summed E-state index contributed by atoms with van der Waals surface area (Å²) >= 11 is 3.38. The molecular weight excluding hydrogens is 248 g/mol. The second-order valence-corrected chi connectivity index (χ2v) is 3.86. The number of hydrogen-bond donors (Lipinski definition) is 0. The maximum absolute atomic E-state index is 11.2. The van der Waals surface area contributed by atoms with E-state index in [2.05, 4.69) is 20.9 Å². The van der Waals surface area contributed by atoms with Crippen LogP contribution in [0.5, 0.6) is 0 Å². The predicted octanol–water partition coefficient (Wildman–Crippen LogP) is 1.80. The Morgan fingerprint density at radius 1 is 1.64 bits per heavy atom. The highest BCUT2D eigenvalue weighted by Gasteiger charge is 2.22. The summed E-state index contributed by atoms with van der Waals surface area (Å²) in [6, 6.07) is 1.88. The minimum Gasteiger partial charge on any atom is -0.448 e. The van der Waals surface area contributed by atoms with Crippen molar-refractivity contribution in [3.05, 3.63) is 28.5 Å². The van der Waals surface area contributed by atoms with Crippen LogP contribution in [-0.4, -0.2) is 29.1 Å². The lowest BCUT2D eigenvalue weighted by molar-refractivity contribution is 0.157. The van der Waals surface area contributed by atoms with Crippen molar-refractivity contribution < 1.29 is 9.53 Å². The minimum absolute atomic E-state index is 0.242. The molecule has 1 aliphatic heterocycles. The molecule has 0 radical (unpaired) electrons. The number of aromatic nitrogens is 1. The van der Waals surface area contributed by atoms with Crippen LogP contribution in [0.4, 0.5) is 4.79 Å². The minimum atomic E-state index is -0.242. The summed E-state index contributed by atoms with van der Waals surface area (Å²) in [5.41, 5.74) is 1.04. The zero-order valence-electron chi connectivity index (χ0n) is 7.44. The van der Waals surface area contributed by atoms with Crippen molar-refractivity contribution in [2.24, 2.45) is 0 Å². The average molecular weight is 257 g/mol. The molecule has 1 fully saturated rings. The first kappa shape index (κ1) is 9.45. The second kappa shape index (κ2) is 3.96. The fourth-order valence-electron chi connectivity index (χ4n) is 1.31. The van der Waals surface area contributed by atoms with Crippen LogP contribution in [0.25, 0.3) is 0 Å². The van der Waals surface area contributed by atoms with Gasteiger partial charge in [0.1, 0.15) is 6.61 Å². The molecule has 0 unspecified atom stereocenters. The van der Waals surface area contributed by atoms with Gasteiger partial charge < -0.3 is 9.64 Å². The van der Waals surface area contributed by atoms with Crippen molar-refractivity contribution in [2.75, 3.05) is 13.2 Å². The lowest BCUT2D eigenvalue weighted by Crippen LogP contribution is -2.23. The summed E-state index contributed by atoms with van der Waals surface area (Å²) in [7, 11) is 0. The monoisotopic (exact) mass is 256 g/mol. The standard InChI is InChI=1S/C9H9BrN2O2/c10-8-5-11-2-1-7(8)6-12-3-4-14-9(12)13/h1-2,5H,3-4,6H2. The first-order chi connectivity index (χ1) is 6.77. The van der Waals surface area contributed by atoms with Gasteiger partial charge in [-0.15, -0.1) is 0 Å². The molecule has 2 rings (SSSR count). The second-order valence-electron chi connectivity index (χ2n) is 3.00. The van der Waals surface area contributed by atoms with Gasteiger partial charge in [-0.1, -0.05) is 0 Å². The third kappa shape index (κ3) is 1.87. The van der Waals surface area contributed by atoms with Crippen LogP contribution in [0.1, 0.15) is 5.56 Å². The summed E-state index contributed by atoms with van der Waals surface area (Å²) in [6.45, 7) is 1.72. The van der Waals surface area contributed by atoms with E-state index in [1.54, 1.807) is 17.3 Å². The van der Waals surface area contributed by atoms with Crippen molar-refractivity contribution in [1.82, 2.24) is 9.88 Å². The van der Waals surface area contributed by atoms with Crippen LogP contribution < -0.4 is 0 Å². The molecule has 0 aliphatic carbocycles. The molecule has 0 saturated carbocycles. The fourth-order valence-corrected chi connectivity index (χ4v) is 1.68. The van der Waals surface area contributed by atoms with Gasteiger partial charge in [0.15, 0.2) is 0 Å². The van der Waals surface area contributed by atoms with Crippen LogP contribution in [0, 0.1) is 0 Å². The predicted molar refractivity (Wildman–Crippen MR) is 53.7 cm³/mol. The van der Waals surface area contributed by atoms with E-state index in [4.69, 9.17) is 4.74 Å². The number of rotatable bonds is 2. The summed E-state index contributed by atoms with van der Waals surface area (Å²) in [5.74, 6) is 0. The van der Waals surface area contributed by atoms with Gasteiger partial charge >= 0.3 is 6.09 Å². The number of halogens is 1. The molecule has 0 N–H and O–H groups in total. The SMILES string of the molecule is O=C1OCCN1Cc1ccncc1Br. The number of nitrogens with zero attached hydrogens (tertiary/aromatic N) is 2. The zero-order valence-corrected chi connectivity index (χ0v) is 9.03. The van der Waals surface area contributed by atoms with Crippen LogP contribution in [-0.2, 0) is 11.3 Å². The van der Waals surface area contributed by atoms with E-state index >= 15 is 0 Å². The maximum Gasteiger partial charge on any atom is 0.410 e. The molecule has 2 heterocycles. The molecule has 0 atom stereocenters. The molecule has 1 aromatic heterocycles. The molecule has 1 amide bonds. The van der Waals surface area contributed by atoms with Crippen molar-refractivity contribution in [3.63, 3.8) is 0 Å². The Morgan fingerprint density at radius 2 is 2.50 bits per heavy atom. The van der Waals surface area contributed by atoms with Gasteiger partial charge in [-0.3, -0.25) is 4.98 Å². The van der Waals surface area contributed by atoms with Gasteiger partial charge in [-0.05, 0) is 27.6 Å². The molecule has 74 valence electrons. The number of pyridine rings is 1. The van der Waals surface area contributed by atoms with E-state index in [9.17, 15) is 4.79 Å². The van der Waals surface area contributed by atoms with Crippen LogP contribution in [0.15, 0.2) is 22.9 Å². The summed E-state index contributed by atoms with van der Waals surface area (Å²) < 4.78 is 5.75. The Morgan fingerprint density at radius 3 is 3.14 bits per heavy atom. The van der Waals surface area contributed by atoms with Crippen molar-refractivity contribution in [2.45, 2.75) is 6.54 Å². The number of carbonyl (C=O) groups is 1. The molecule has 0 bridgehead atoms. The summed E-state index contributed by atoms with van der Waals surface area (Å²) in [4.78, 5) is 16.8. The highest BCUT2D eigenvalue weighted by molar-refractivity contribution is 9.10. The fraction of sp³-hybridized carbons (Fsp3) is 0.333. The summed E-state index contributed by atoms with van der Waals surface area (Å²) in [5, 5.41) is 0. The number of carbonyl (C=O) groups excluding carboxylic acids is 1. The smallest absolute Gasteiger partial charge is 0.410 e. The maximum atomic E-state index is 11.2. The van der Waals surface area contributed by atoms with Crippen molar-refractivity contribution >= 4 is 22.0 Å². The van der Waals surface area contributed by atoms with Crippen LogP contribution in [0.3, 0.4) is 0 Å². The molecule has 0 aromatic carbocycles. The van der Waals surface area contributed by atoms with E-state index in [0.29, 0.717) is 19.7 Å². The van der Waals surface area contributed by atoms with Gasteiger partial charge in [0.05, 0.1) is 13.1 Å². The van der Waals surface area contributed by atoms with E-state index in [0.717, 1.165) is 10.0 Å². The van der Waals surface area contributed by atoms with Crippen molar-refractivity contribution in [3.8, 4) is 0 Å². The lowest BCUT2D eigenvalue weighted by atomic mass is 10.2. The quantitative estimate of drug-likeness (QED) is 0.811. The molecule has 5 heteroatoms. The van der Waals surface area contributed by atoms with E-state index in [1.165, 1.54) is 0 Å². The molecule has 0 spiro atoms. The molecule has 1 aromatic rings. The van der Waals surface area contributed by atoms with Crippen LogP contribution in [0.2, 0.25) is 0 Å². The Balaban J connectivity index is 2.10. The van der Waals surface area contributed by atoms with Crippen LogP contribution >= 0.6 is 15.9 Å². The first-order valence-corrected chi connectivity index (χ1v) is 5.07. The lowest BCUT2D eigenvalue weighted by Gasteiger charge is -2.12. The van der Waals surface area contributed by atoms with E-state index < -0.39 is 0 Å². The first-order valence-electron chi connectivity index (χ1n) is 4.27. The third-order valence-electron chi connectivity index (χ3n) is 2.06. The molecule has 1 saturated heterocycles. The Kier molecular flexibility index (Phi) is 2.67. The van der Waals surface area contributed by atoms with Gasteiger partial charge in [0.25, 0.3) is 0 Å². The Bertz CT molecular complexity index is 356. The Labute approximate surface area is 90.0 Å². The van der Waals surface area contributed by atoms with E-state index in [1.807, 2.05) is 6.07 Å².